The van der Waals surface area contributed by atoms with E-state index in [1.165, 1.54) is 0 Å². The first-order chi connectivity index (χ1) is 11.3. The van der Waals surface area contributed by atoms with E-state index in [1.54, 1.807) is 7.11 Å². The fraction of sp³-hybridized carbons (Fsp3) is 0.526. The Balaban J connectivity index is 2.07. The van der Waals surface area contributed by atoms with E-state index >= 15 is 0 Å². The molecule has 24 heavy (non-hydrogen) atoms. The van der Waals surface area contributed by atoms with E-state index in [0.29, 0.717) is 30.0 Å². The van der Waals surface area contributed by atoms with Crippen molar-refractivity contribution >= 4 is 16.9 Å². The minimum atomic E-state index is -0.171. The molecule has 2 aromatic rings. The Morgan fingerprint density at radius 1 is 1.25 bits per heavy atom. The summed E-state index contributed by atoms with van der Waals surface area (Å²) in [6.07, 6.45) is 0. The molecule has 1 aromatic carbocycles. The summed E-state index contributed by atoms with van der Waals surface area (Å²) in [4.78, 5) is 14.8. The van der Waals surface area contributed by atoms with Crippen molar-refractivity contribution in [2.24, 2.45) is 0 Å². The Bertz CT molecular complexity index is 696. The maximum atomic E-state index is 12.5. The number of aryl methyl sites for hydroxylation is 1. The Morgan fingerprint density at radius 2 is 1.92 bits per heavy atom. The number of furan rings is 1. The normalized spacial score (nSPS) is 11.7. The minimum Gasteiger partial charge on any atom is -0.497 e. The summed E-state index contributed by atoms with van der Waals surface area (Å²) in [5.41, 5.74) is 1.54. The SMILES string of the molecule is COc1ccc2oc(C(=O)NCCN(C(C)C)C(C)C)c(C)c2c1. The molecule has 0 spiro atoms. The molecule has 0 atom stereocenters. The molecule has 0 aliphatic carbocycles. The van der Waals surface area contributed by atoms with E-state index < -0.39 is 0 Å². The van der Waals surface area contributed by atoms with Crippen molar-refractivity contribution in [2.45, 2.75) is 46.7 Å². The zero-order valence-electron chi connectivity index (χ0n) is 15.5. The fourth-order valence-electron chi connectivity index (χ4n) is 3.04. The molecule has 1 N–H and O–H groups in total. The molecular weight excluding hydrogens is 304 g/mol. The van der Waals surface area contributed by atoms with Gasteiger partial charge in [0, 0.05) is 36.1 Å². The zero-order valence-corrected chi connectivity index (χ0v) is 15.5. The first kappa shape index (κ1) is 18.3. The molecule has 0 fully saturated rings. The van der Waals surface area contributed by atoms with Gasteiger partial charge in [-0.1, -0.05) is 0 Å². The molecule has 1 heterocycles. The van der Waals surface area contributed by atoms with Crippen LogP contribution < -0.4 is 10.1 Å². The van der Waals surface area contributed by atoms with Gasteiger partial charge >= 0.3 is 0 Å². The number of rotatable bonds is 7. The molecule has 5 heteroatoms. The summed E-state index contributed by atoms with van der Waals surface area (Å²) in [5, 5.41) is 3.87. The Labute approximate surface area is 144 Å². The fourth-order valence-corrected chi connectivity index (χ4v) is 3.04. The summed E-state index contributed by atoms with van der Waals surface area (Å²) in [7, 11) is 1.62. The van der Waals surface area contributed by atoms with E-state index in [1.807, 2.05) is 25.1 Å². The highest BCUT2D eigenvalue weighted by Gasteiger charge is 2.19. The van der Waals surface area contributed by atoms with Crippen molar-refractivity contribution in [3.05, 3.63) is 29.5 Å². The first-order valence-corrected chi connectivity index (χ1v) is 8.46. The summed E-state index contributed by atoms with van der Waals surface area (Å²) >= 11 is 0. The Kier molecular flexibility index (Phi) is 5.89. The predicted molar refractivity (Wildman–Crippen MR) is 96.8 cm³/mol. The van der Waals surface area contributed by atoms with Gasteiger partial charge in [-0.3, -0.25) is 9.69 Å². The van der Waals surface area contributed by atoms with Crippen molar-refractivity contribution in [3.63, 3.8) is 0 Å². The van der Waals surface area contributed by atoms with Gasteiger partial charge in [0.1, 0.15) is 11.3 Å². The lowest BCUT2D eigenvalue weighted by molar-refractivity contribution is 0.0913. The number of carbonyl (C=O) groups is 1. The van der Waals surface area contributed by atoms with Crippen molar-refractivity contribution in [1.29, 1.82) is 0 Å². The third-order valence-electron chi connectivity index (χ3n) is 4.33. The second kappa shape index (κ2) is 7.71. The number of methoxy groups -OCH3 is 1. The molecule has 0 aliphatic rings. The van der Waals surface area contributed by atoms with Crippen LogP contribution in [-0.4, -0.2) is 43.1 Å². The molecule has 2 rings (SSSR count). The smallest absolute Gasteiger partial charge is 0.287 e. The van der Waals surface area contributed by atoms with Gasteiger partial charge in [-0.05, 0) is 52.8 Å². The van der Waals surface area contributed by atoms with Crippen LogP contribution >= 0.6 is 0 Å². The van der Waals surface area contributed by atoms with Gasteiger partial charge in [-0.15, -0.1) is 0 Å². The summed E-state index contributed by atoms with van der Waals surface area (Å²) in [6, 6.07) is 6.45. The average Bonchev–Trinajstić information content (AvgIpc) is 2.87. The molecule has 132 valence electrons. The van der Waals surface area contributed by atoms with Crippen LogP contribution in [0.1, 0.15) is 43.8 Å². The molecule has 0 bridgehead atoms. The topological polar surface area (TPSA) is 54.7 Å². The van der Waals surface area contributed by atoms with E-state index in [4.69, 9.17) is 9.15 Å². The number of ether oxygens (including phenoxy) is 1. The van der Waals surface area contributed by atoms with Gasteiger partial charge in [0.15, 0.2) is 5.76 Å². The third kappa shape index (κ3) is 3.90. The van der Waals surface area contributed by atoms with Gasteiger partial charge in [-0.2, -0.15) is 0 Å². The van der Waals surface area contributed by atoms with Gasteiger partial charge in [0.2, 0.25) is 0 Å². The lowest BCUT2D eigenvalue weighted by atomic mass is 10.1. The predicted octanol–water partition coefficient (Wildman–Crippen LogP) is 3.60. The van der Waals surface area contributed by atoms with Crippen LogP contribution in [0, 0.1) is 6.92 Å². The Hall–Kier alpha value is -2.01. The highest BCUT2D eigenvalue weighted by Crippen LogP contribution is 2.28. The quantitative estimate of drug-likeness (QED) is 0.842. The monoisotopic (exact) mass is 332 g/mol. The maximum absolute atomic E-state index is 12.5. The number of hydrogen-bond acceptors (Lipinski definition) is 4. The highest BCUT2D eigenvalue weighted by atomic mass is 16.5. The second-order valence-electron chi connectivity index (χ2n) is 6.60. The summed E-state index contributed by atoms with van der Waals surface area (Å²) in [6.45, 7) is 12.0. The molecule has 0 radical (unpaired) electrons. The number of nitrogens with one attached hydrogen (secondary N) is 1. The molecule has 1 aromatic heterocycles. The van der Waals surface area contributed by atoms with E-state index in [2.05, 4.69) is 37.9 Å². The van der Waals surface area contributed by atoms with Crippen LogP contribution in [0.3, 0.4) is 0 Å². The van der Waals surface area contributed by atoms with Crippen LogP contribution in [0.5, 0.6) is 5.75 Å². The van der Waals surface area contributed by atoms with Crippen LogP contribution in [0.2, 0.25) is 0 Å². The van der Waals surface area contributed by atoms with Gasteiger partial charge in [-0.25, -0.2) is 0 Å². The molecule has 1 amide bonds. The Morgan fingerprint density at radius 3 is 2.50 bits per heavy atom. The second-order valence-corrected chi connectivity index (χ2v) is 6.60. The number of carbonyl (C=O) groups excluding carboxylic acids is 1. The van der Waals surface area contributed by atoms with Crippen LogP contribution in [0.15, 0.2) is 22.6 Å². The van der Waals surface area contributed by atoms with Gasteiger partial charge in [0.25, 0.3) is 5.91 Å². The number of nitrogens with zero attached hydrogens (tertiary/aromatic N) is 1. The lowest BCUT2D eigenvalue weighted by Gasteiger charge is -2.30. The van der Waals surface area contributed by atoms with Crippen LogP contribution in [-0.2, 0) is 0 Å². The van der Waals surface area contributed by atoms with Gasteiger partial charge in [0.05, 0.1) is 7.11 Å². The molecule has 5 nitrogen and oxygen atoms in total. The van der Waals surface area contributed by atoms with Crippen LogP contribution in [0.4, 0.5) is 0 Å². The van der Waals surface area contributed by atoms with E-state index in [9.17, 15) is 4.79 Å². The number of fused-ring (bicyclic) bond motifs is 1. The molecule has 0 aliphatic heterocycles. The number of hydrogen-bond donors (Lipinski definition) is 1. The largest absolute Gasteiger partial charge is 0.497 e. The molecule has 0 saturated carbocycles. The molecule has 0 unspecified atom stereocenters. The lowest BCUT2D eigenvalue weighted by Crippen LogP contribution is -2.42. The van der Waals surface area contributed by atoms with E-state index in [0.717, 1.165) is 23.2 Å². The van der Waals surface area contributed by atoms with Gasteiger partial charge < -0.3 is 14.5 Å². The van der Waals surface area contributed by atoms with Crippen molar-refractivity contribution in [2.75, 3.05) is 20.2 Å². The maximum Gasteiger partial charge on any atom is 0.287 e. The van der Waals surface area contributed by atoms with Crippen molar-refractivity contribution < 1.29 is 13.9 Å². The molecular formula is C19H28N2O3. The highest BCUT2D eigenvalue weighted by molar-refractivity contribution is 5.99. The third-order valence-corrected chi connectivity index (χ3v) is 4.33. The standard InChI is InChI=1S/C19H28N2O3/c1-12(2)21(13(3)4)10-9-20-19(22)18-14(5)16-11-15(23-6)7-8-17(16)24-18/h7-8,11-13H,9-10H2,1-6H3,(H,20,22). The summed E-state index contributed by atoms with van der Waals surface area (Å²) < 4.78 is 11.0. The van der Waals surface area contributed by atoms with Crippen molar-refractivity contribution in [1.82, 2.24) is 10.2 Å². The number of benzene rings is 1. The van der Waals surface area contributed by atoms with Crippen molar-refractivity contribution in [3.8, 4) is 5.75 Å². The zero-order chi connectivity index (χ0) is 17.9. The first-order valence-electron chi connectivity index (χ1n) is 8.46. The summed E-state index contributed by atoms with van der Waals surface area (Å²) in [5.74, 6) is 0.955. The minimum absolute atomic E-state index is 0.171. The van der Waals surface area contributed by atoms with E-state index in [-0.39, 0.29) is 5.91 Å². The van der Waals surface area contributed by atoms with Crippen LogP contribution in [0.25, 0.3) is 11.0 Å². The molecule has 0 saturated heterocycles. The number of amides is 1. The average molecular weight is 332 g/mol.